The monoisotopic (exact) mass is 458 g/mol. The number of nitrogens with zero attached hydrogens (tertiary/aromatic N) is 1. The second kappa shape index (κ2) is 9.65. The fourth-order valence-electron chi connectivity index (χ4n) is 3.19. The lowest BCUT2D eigenvalue weighted by Gasteiger charge is -2.24. The first-order valence-electron chi connectivity index (χ1n) is 9.51. The molecule has 0 saturated carbocycles. The van der Waals surface area contributed by atoms with E-state index in [1.165, 1.54) is 0 Å². The maximum Gasteiger partial charge on any atom is 0.323 e. The summed E-state index contributed by atoms with van der Waals surface area (Å²) in [6, 6.07) is 22.9. The Hall–Kier alpha value is -2.34. The molecule has 154 valence electrons. The Labute approximate surface area is 190 Å². The maximum atomic E-state index is 12.8. The highest BCUT2D eigenvalue weighted by Crippen LogP contribution is 2.39. The number of carbonyl (C=O) groups excluding carboxylic acids is 1. The van der Waals surface area contributed by atoms with E-state index in [0.29, 0.717) is 28.9 Å². The zero-order valence-electron chi connectivity index (χ0n) is 16.1. The van der Waals surface area contributed by atoms with Crippen LogP contribution in [-0.2, 0) is 6.61 Å². The number of hydrogen-bond acceptors (Lipinski definition) is 3. The van der Waals surface area contributed by atoms with Crippen molar-refractivity contribution in [1.82, 2.24) is 4.90 Å². The molecule has 2 amide bonds. The molecule has 0 aromatic heterocycles. The number of nitrogens with one attached hydrogen (secondary N) is 1. The molecule has 1 heterocycles. The van der Waals surface area contributed by atoms with Crippen molar-refractivity contribution in [3.63, 3.8) is 0 Å². The van der Waals surface area contributed by atoms with Gasteiger partial charge in [0.1, 0.15) is 17.7 Å². The molecule has 1 fully saturated rings. The summed E-state index contributed by atoms with van der Waals surface area (Å²) in [4.78, 5) is 14.6. The van der Waals surface area contributed by atoms with Crippen molar-refractivity contribution in [2.75, 3.05) is 17.6 Å². The standard InChI is InChI=1S/C23H20Cl2N2O2S/c24-20-11-8-18(14-21(20)25)26-23(28)27-12-13-30-22(27)17-6-9-19(10-7-17)29-15-16-4-2-1-3-5-16/h1-11,14,22H,12-13,15H2,(H,26,28). The number of rotatable bonds is 5. The van der Waals surface area contributed by atoms with E-state index in [9.17, 15) is 4.79 Å². The minimum absolute atomic E-state index is 0.0454. The summed E-state index contributed by atoms with van der Waals surface area (Å²) in [6.07, 6.45) is 0. The van der Waals surface area contributed by atoms with E-state index in [1.807, 2.05) is 59.5 Å². The van der Waals surface area contributed by atoms with Gasteiger partial charge in [0.15, 0.2) is 0 Å². The molecule has 0 radical (unpaired) electrons. The Morgan fingerprint density at radius 2 is 1.80 bits per heavy atom. The van der Waals surface area contributed by atoms with Crippen molar-refractivity contribution >= 4 is 46.7 Å². The van der Waals surface area contributed by atoms with Crippen molar-refractivity contribution in [3.8, 4) is 5.75 Å². The van der Waals surface area contributed by atoms with Crippen molar-refractivity contribution in [2.24, 2.45) is 0 Å². The van der Waals surface area contributed by atoms with Gasteiger partial charge in [-0.05, 0) is 41.5 Å². The van der Waals surface area contributed by atoms with Crippen LogP contribution in [0.2, 0.25) is 10.0 Å². The molecular formula is C23H20Cl2N2O2S. The molecule has 1 saturated heterocycles. The van der Waals surface area contributed by atoms with Gasteiger partial charge < -0.3 is 15.0 Å². The van der Waals surface area contributed by atoms with Gasteiger partial charge in [-0.1, -0.05) is 65.7 Å². The fourth-order valence-corrected chi connectivity index (χ4v) is 4.75. The summed E-state index contributed by atoms with van der Waals surface area (Å²) in [5, 5.41) is 3.73. The van der Waals surface area contributed by atoms with Crippen LogP contribution in [0.3, 0.4) is 0 Å². The molecular weight excluding hydrogens is 439 g/mol. The maximum absolute atomic E-state index is 12.8. The molecule has 1 aliphatic rings. The van der Waals surface area contributed by atoms with Crippen LogP contribution in [0.4, 0.5) is 10.5 Å². The molecule has 0 bridgehead atoms. The van der Waals surface area contributed by atoms with Crippen LogP contribution in [0.1, 0.15) is 16.5 Å². The number of urea groups is 1. The highest BCUT2D eigenvalue weighted by atomic mass is 35.5. The third-order valence-corrected chi connectivity index (χ3v) is 6.74. The lowest BCUT2D eigenvalue weighted by Crippen LogP contribution is -2.34. The molecule has 1 N–H and O–H groups in total. The highest BCUT2D eigenvalue weighted by Gasteiger charge is 2.30. The van der Waals surface area contributed by atoms with Crippen LogP contribution < -0.4 is 10.1 Å². The Morgan fingerprint density at radius 1 is 1.03 bits per heavy atom. The molecule has 4 rings (SSSR count). The number of hydrogen-bond donors (Lipinski definition) is 1. The molecule has 0 spiro atoms. The van der Waals surface area contributed by atoms with Crippen molar-refractivity contribution < 1.29 is 9.53 Å². The number of halogens is 2. The molecule has 1 unspecified atom stereocenters. The number of thioether (sulfide) groups is 1. The molecule has 30 heavy (non-hydrogen) atoms. The van der Waals surface area contributed by atoms with E-state index in [2.05, 4.69) is 5.32 Å². The Morgan fingerprint density at radius 3 is 2.53 bits per heavy atom. The zero-order valence-corrected chi connectivity index (χ0v) is 18.4. The first-order valence-corrected chi connectivity index (χ1v) is 11.3. The Kier molecular flexibility index (Phi) is 6.72. The van der Waals surface area contributed by atoms with Crippen LogP contribution in [-0.4, -0.2) is 23.2 Å². The van der Waals surface area contributed by atoms with Crippen molar-refractivity contribution in [1.29, 1.82) is 0 Å². The number of carbonyl (C=O) groups is 1. The van der Waals surface area contributed by atoms with Crippen LogP contribution in [0.5, 0.6) is 5.75 Å². The third-order valence-electron chi connectivity index (χ3n) is 4.74. The third kappa shape index (κ3) is 5.04. The fraction of sp³-hybridized carbons (Fsp3) is 0.174. The highest BCUT2D eigenvalue weighted by molar-refractivity contribution is 7.99. The van der Waals surface area contributed by atoms with E-state index in [0.717, 1.165) is 22.6 Å². The van der Waals surface area contributed by atoms with Gasteiger partial charge in [-0.2, -0.15) is 0 Å². The van der Waals surface area contributed by atoms with Gasteiger partial charge in [0.2, 0.25) is 0 Å². The quantitative estimate of drug-likeness (QED) is 0.454. The molecule has 4 nitrogen and oxygen atoms in total. The van der Waals surface area contributed by atoms with E-state index >= 15 is 0 Å². The lowest BCUT2D eigenvalue weighted by atomic mass is 10.2. The smallest absolute Gasteiger partial charge is 0.323 e. The predicted octanol–water partition coefficient (Wildman–Crippen LogP) is 6.85. The van der Waals surface area contributed by atoms with E-state index < -0.39 is 0 Å². The second-order valence-electron chi connectivity index (χ2n) is 6.82. The van der Waals surface area contributed by atoms with Gasteiger partial charge in [-0.3, -0.25) is 0 Å². The SMILES string of the molecule is O=C(Nc1ccc(Cl)c(Cl)c1)N1CCSC1c1ccc(OCc2ccccc2)cc1. The number of ether oxygens (including phenoxy) is 1. The van der Waals surface area contributed by atoms with Crippen LogP contribution in [0.25, 0.3) is 0 Å². The summed E-state index contributed by atoms with van der Waals surface area (Å²) in [6.45, 7) is 1.20. The lowest BCUT2D eigenvalue weighted by molar-refractivity contribution is 0.214. The molecule has 0 aliphatic carbocycles. The largest absolute Gasteiger partial charge is 0.489 e. The summed E-state index contributed by atoms with van der Waals surface area (Å²) in [7, 11) is 0. The number of anilines is 1. The van der Waals surface area contributed by atoms with Crippen LogP contribution in [0.15, 0.2) is 72.8 Å². The van der Waals surface area contributed by atoms with Crippen LogP contribution in [0, 0.1) is 0 Å². The average Bonchev–Trinajstić information content (AvgIpc) is 3.26. The summed E-state index contributed by atoms with van der Waals surface area (Å²) < 4.78 is 5.86. The van der Waals surface area contributed by atoms with E-state index in [4.69, 9.17) is 27.9 Å². The number of amides is 2. The summed E-state index contributed by atoms with van der Waals surface area (Å²) in [5.41, 5.74) is 2.81. The Bertz CT molecular complexity index is 1020. The molecule has 3 aromatic carbocycles. The zero-order chi connectivity index (χ0) is 20.9. The van der Waals surface area contributed by atoms with Crippen LogP contribution >= 0.6 is 35.0 Å². The summed E-state index contributed by atoms with van der Waals surface area (Å²) >= 11 is 13.7. The van der Waals surface area contributed by atoms with E-state index in [-0.39, 0.29) is 11.4 Å². The normalized spacial score (nSPS) is 15.8. The minimum Gasteiger partial charge on any atom is -0.489 e. The first-order chi connectivity index (χ1) is 14.6. The topological polar surface area (TPSA) is 41.6 Å². The molecule has 7 heteroatoms. The molecule has 1 aliphatic heterocycles. The van der Waals surface area contributed by atoms with E-state index in [1.54, 1.807) is 30.0 Å². The summed E-state index contributed by atoms with van der Waals surface area (Å²) in [5.74, 6) is 1.68. The van der Waals surface area contributed by atoms with Gasteiger partial charge in [0.25, 0.3) is 0 Å². The number of benzene rings is 3. The predicted molar refractivity (Wildman–Crippen MR) is 125 cm³/mol. The molecule has 1 atom stereocenters. The minimum atomic E-state index is -0.159. The van der Waals surface area contributed by atoms with Crippen molar-refractivity contribution in [2.45, 2.75) is 12.0 Å². The van der Waals surface area contributed by atoms with Gasteiger partial charge in [0, 0.05) is 18.0 Å². The van der Waals surface area contributed by atoms with Gasteiger partial charge in [-0.15, -0.1) is 11.8 Å². The van der Waals surface area contributed by atoms with Crippen molar-refractivity contribution in [3.05, 3.63) is 94.0 Å². The van der Waals surface area contributed by atoms with Gasteiger partial charge in [-0.25, -0.2) is 4.79 Å². The Balaban J connectivity index is 1.40. The second-order valence-corrected chi connectivity index (χ2v) is 8.82. The first kappa shape index (κ1) is 20.9. The van der Waals surface area contributed by atoms with Gasteiger partial charge in [0.05, 0.1) is 10.0 Å². The average molecular weight is 459 g/mol. The molecule has 3 aromatic rings. The van der Waals surface area contributed by atoms with Gasteiger partial charge >= 0.3 is 6.03 Å².